The van der Waals surface area contributed by atoms with Crippen LogP contribution in [0.3, 0.4) is 0 Å². The topological polar surface area (TPSA) is 82.8 Å². The van der Waals surface area contributed by atoms with Crippen LogP contribution in [-0.4, -0.2) is 31.2 Å². The first-order valence-corrected chi connectivity index (χ1v) is 8.54. The molecule has 0 amide bonds. The molecular formula is C19H14ClN5O2. The van der Waals surface area contributed by atoms with E-state index in [0.717, 1.165) is 16.5 Å². The Morgan fingerprint density at radius 2 is 2.07 bits per heavy atom. The number of hydrogen-bond acceptors (Lipinski definition) is 6. The van der Waals surface area contributed by atoms with Crippen molar-refractivity contribution in [2.45, 2.75) is 13.5 Å². The van der Waals surface area contributed by atoms with Gasteiger partial charge >= 0.3 is 5.97 Å². The molecule has 0 aliphatic heterocycles. The number of aryl methyl sites for hydroxylation is 1. The molecule has 0 aliphatic carbocycles. The molecule has 0 bridgehead atoms. The smallest absolute Gasteiger partial charge is 0.338 e. The highest BCUT2D eigenvalue weighted by Crippen LogP contribution is 2.22. The number of hydrogen-bond donors (Lipinski definition) is 0. The van der Waals surface area contributed by atoms with Gasteiger partial charge in [-0.2, -0.15) is 0 Å². The van der Waals surface area contributed by atoms with E-state index in [1.807, 2.05) is 31.2 Å². The third-order valence-corrected chi connectivity index (χ3v) is 4.38. The quantitative estimate of drug-likeness (QED) is 0.398. The van der Waals surface area contributed by atoms with Crippen molar-refractivity contribution in [3.8, 4) is 5.69 Å². The number of rotatable bonds is 4. The van der Waals surface area contributed by atoms with Crippen LogP contribution >= 0.6 is 11.6 Å². The maximum Gasteiger partial charge on any atom is 0.338 e. The maximum atomic E-state index is 12.4. The van der Waals surface area contributed by atoms with Gasteiger partial charge in [0.1, 0.15) is 18.1 Å². The Bertz CT molecular complexity index is 1130. The Kier molecular flexibility index (Phi) is 4.52. The van der Waals surface area contributed by atoms with Crippen LogP contribution in [0.15, 0.2) is 54.9 Å². The molecule has 2 aromatic carbocycles. The molecule has 0 unspecified atom stereocenters. The van der Waals surface area contributed by atoms with Crippen LogP contribution in [0, 0.1) is 6.92 Å². The van der Waals surface area contributed by atoms with Crippen LogP contribution in [0.1, 0.15) is 21.5 Å². The van der Waals surface area contributed by atoms with Gasteiger partial charge in [-0.3, -0.25) is 0 Å². The highest BCUT2D eigenvalue weighted by atomic mass is 35.5. The molecule has 2 aromatic heterocycles. The van der Waals surface area contributed by atoms with Crippen molar-refractivity contribution in [2.24, 2.45) is 0 Å². The van der Waals surface area contributed by atoms with Gasteiger partial charge in [0.2, 0.25) is 0 Å². The minimum Gasteiger partial charge on any atom is -0.457 e. The Labute approximate surface area is 159 Å². The van der Waals surface area contributed by atoms with Crippen molar-refractivity contribution in [3.05, 3.63) is 76.7 Å². The van der Waals surface area contributed by atoms with Crippen LogP contribution in [0.2, 0.25) is 5.15 Å². The molecule has 7 nitrogen and oxygen atoms in total. The van der Waals surface area contributed by atoms with Gasteiger partial charge < -0.3 is 4.74 Å². The summed E-state index contributed by atoms with van der Waals surface area (Å²) in [6, 6.07) is 14.7. The minimum absolute atomic E-state index is 0.0313. The van der Waals surface area contributed by atoms with Crippen molar-refractivity contribution in [3.63, 3.8) is 0 Å². The van der Waals surface area contributed by atoms with Gasteiger partial charge in [0, 0.05) is 10.9 Å². The average Bonchev–Trinajstić information content (AvgIpc) is 3.21. The summed E-state index contributed by atoms with van der Waals surface area (Å²) in [5, 5.41) is 12.2. The normalized spacial score (nSPS) is 10.9. The molecule has 8 heteroatoms. The highest BCUT2D eigenvalue weighted by molar-refractivity contribution is 6.30. The van der Waals surface area contributed by atoms with E-state index in [2.05, 4.69) is 20.5 Å². The van der Waals surface area contributed by atoms with E-state index in [1.165, 1.54) is 11.0 Å². The number of aromatic nitrogens is 5. The zero-order chi connectivity index (χ0) is 18.8. The average molecular weight is 380 g/mol. The Hall–Kier alpha value is -3.32. The summed E-state index contributed by atoms with van der Waals surface area (Å²) < 4.78 is 6.88. The van der Waals surface area contributed by atoms with Crippen LogP contribution in [0.25, 0.3) is 16.6 Å². The number of tetrazole rings is 1. The van der Waals surface area contributed by atoms with Gasteiger partial charge in [0.15, 0.2) is 0 Å². The lowest BCUT2D eigenvalue weighted by molar-refractivity contribution is 0.0472. The van der Waals surface area contributed by atoms with Gasteiger partial charge in [-0.15, -0.1) is 5.10 Å². The molecule has 0 saturated heterocycles. The Balaban J connectivity index is 1.53. The molecule has 134 valence electrons. The van der Waals surface area contributed by atoms with Gasteiger partial charge in [-0.1, -0.05) is 29.8 Å². The van der Waals surface area contributed by atoms with Crippen molar-refractivity contribution >= 4 is 28.5 Å². The Morgan fingerprint density at radius 1 is 1.19 bits per heavy atom. The van der Waals surface area contributed by atoms with E-state index in [0.29, 0.717) is 22.0 Å². The summed E-state index contributed by atoms with van der Waals surface area (Å²) in [7, 11) is 0. The van der Waals surface area contributed by atoms with Crippen LogP contribution < -0.4 is 0 Å². The predicted octanol–water partition coefficient (Wildman–Crippen LogP) is 3.53. The molecule has 2 heterocycles. The Morgan fingerprint density at radius 3 is 2.89 bits per heavy atom. The second-order valence-corrected chi connectivity index (χ2v) is 6.37. The summed E-state index contributed by atoms with van der Waals surface area (Å²) in [6.07, 6.45) is 1.45. The van der Waals surface area contributed by atoms with Gasteiger partial charge in [0.05, 0.1) is 16.8 Å². The summed E-state index contributed by atoms with van der Waals surface area (Å²) in [4.78, 5) is 16.8. The lowest BCUT2D eigenvalue weighted by Gasteiger charge is -2.09. The van der Waals surface area contributed by atoms with E-state index < -0.39 is 5.97 Å². The summed E-state index contributed by atoms with van der Waals surface area (Å²) in [5.74, 6) is -0.468. The number of ether oxygens (including phenoxy) is 1. The molecule has 0 radical (unpaired) electrons. The first-order chi connectivity index (χ1) is 13.1. The molecule has 4 rings (SSSR count). The molecule has 0 spiro atoms. The minimum atomic E-state index is -0.468. The van der Waals surface area contributed by atoms with E-state index in [9.17, 15) is 4.79 Å². The summed E-state index contributed by atoms with van der Waals surface area (Å²) in [6.45, 7) is 2.03. The first kappa shape index (κ1) is 17.1. The van der Waals surface area contributed by atoms with Crippen molar-refractivity contribution in [1.82, 2.24) is 25.2 Å². The standard InChI is InChI=1S/C19H14ClN5O2/c1-12-5-6-13-8-15(18(20)22-17(13)7-12)10-27-19(26)14-3-2-4-16(9-14)25-11-21-23-24-25/h2-9,11H,10H2,1H3. The fraction of sp³-hybridized carbons (Fsp3) is 0.105. The third-order valence-electron chi connectivity index (χ3n) is 4.05. The highest BCUT2D eigenvalue weighted by Gasteiger charge is 2.12. The molecule has 0 aliphatic rings. The largest absolute Gasteiger partial charge is 0.457 e. The molecule has 27 heavy (non-hydrogen) atoms. The van der Waals surface area contributed by atoms with Gasteiger partial charge in [-0.25, -0.2) is 14.5 Å². The monoisotopic (exact) mass is 379 g/mol. The van der Waals surface area contributed by atoms with Crippen LogP contribution in [0.4, 0.5) is 0 Å². The molecule has 0 saturated carbocycles. The molecule has 0 fully saturated rings. The molecule has 0 N–H and O–H groups in total. The predicted molar refractivity (Wildman–Crippen MR) is 99.8 cm³/mol. The number of halogens is 1. The van der Waals surface area contributed by atoms with Crippen molar-refractivity contribution in [2.75, 3.05) is 0 Å². The fourth-order valence-corrected chi connectivity index (χ4v) is 2.88. The van der Waals surface area contributed by atoms with E-state index in [1.54, 1.807) is 24.3 Å². The van der Waals surface area contributed by atoms with Crippen molar-refractivity contribution < 1.29 is 9.53 Å². The second kappa shape index (κ2) is 7.13. The van der Waals surface area contributed by atoms with Crippen LogP contribution in [-0.2, 0) is 11.3 Å². The molecular weight excluding hydrogens is 366 g/mol. The number of carbonyl (C=O) groups excluding carboxylic acids is 1. The van der Waals surface area contributed by atoms with Crippen LogP contribution in [0.5, 0.6) is 0 Å². The zero-order valence-corrected chi connectivity index (χ0v) is 15.1. The first-order valence-electron chi connectivity index (χ1n) is 8.16. The number of carbonyl (C=O) groups is 1. The second-order valence-electron chi connectivity index (χ2n) is 6.02. The number of esters is 1. The summed E-state index contributed by atoms with van der Waals surface area (Å²) in [5.41, 5.74) is 3.62. The maximum absolute atomic E-state index is 12.4. The number of fused-ring (bicyclic) bond motifs is 1. The number of benzene rings is 2. The fourth-order valence-electron chi connectivity index (χ4n) is 2.68. The number of pyridine rings is 1. The SMILES string of the molecule is Cc1ccc2cc(COC(=O)c3cccc(-n4cnnn4)c3)c(Cl)nc2c1. The summed E-state index contributed by atoms with van der Waals surface area (Å²) >= 11 is 6.25. The lowest BCUT2D eigenvalue weighted by atomic mass is 10.1. The van der Waals surface area contributed by atoms with Crippen molar-refractivity contribution in [1.29, 1.82) is 0 Å². The van der Waals surface area contributed by atoms with Gasteiger partial charge in [0.25, 0.3) is 0 Å². The molecule has 0 atom stereocenters. The zero-order valence-electron chi connectivity index (χ0n) is 14.3. The van der Waals surface area contributed by atoms with E-state index in [-0.39, 0.29) is 6.61 Å². The van der Waals surface area contributed by atoms with E-state index in [4.69, 9.17) is 16.3 Å². The lowest BCUT2D eigenvalue weighted by Crippen LogP contribution is -2.07. The number of nitrogens with zero attached hydrogens (tertiary/aromatic N) is 5. The third kappa shape index (κ3) is 3.63. The molecule has 4 aromatic rings. The van der Waals surface area contributed by atoms with Gasteiger partial charge in [-0.05, 0) is 53.2 Å². The van der Waals surface area contributed by atoms with E-state index >= 15 is 0 Å².